The van der Waals surface area contributed by atoms with Crippen molar-refractivity contribution in [3.63, 3.8) is 0 Å². The topological polar surface area (TPSA) is 31.4 Å². The minimum Gasteiger partial charge on any atom is -0.399 e. The fourth-order valence-electron chi connectivity index (χ4n) is 2.23. The molecule has 0 amide bonds. The van der Waals surface area contributed by atoms with Gasteiger partial charge in [-0.05, 0) is 50.9 Å². The molecule has 0 aliphatic carbocycles. The molecule has 0 radical (unpaired) electrons. The summed E-state index contributed by atoms with van der Waals surface area (Å²) in [5, 5.41) is 0. The predicted octanol–water partition coefficient (Wildman–Crippen LogP) is 3.87. The van der Waals surface area contributed by atoms with Crippen LogP contribution >= 0.6 is 27.3 Å². The molecule has 110 valence electrons. The van der Waals surface area contributed by atoms with Crippen molar-refractivity contribution in [1.29, 1.82) is 0 Å². The first-order chi connectivity index (χ1) is 9.78. The molecular weight excluding hydrogens is 349 g/mol. The van der Waals surface area contributed by atoms with Gasteiger partial charge in [0, 0.05) is 10.7 Å². The number of thiazole rings is 1. The Hall–Kier alpha value is -0.685. The van der Waals surface area contributed by atoms with E-state index in [-0.39, 0.29) is 18.3 Å². The number of nitrogens with zero attached hydrogens (tertiary/aromatic N) is 1. The van der Waals surface area contributed by atoms with Gasteiger partial charge in [-0.25, -0.2) is 0 Å². The van der Waals surface area contributed by atoms with Crippen molar-refractivity contribution >= 4 is 39.8 Å². The third kappa shape index (κ3) is 2.82. The molecule has 0 N–H and O–H groups in total. The third-order valence-electron chi connectivity index (χ3n) is 4.16. The van der Waals surface area contributed by atoms with Gasteiger partial charge in [0.15, 0.2) is 0 Å². The van der Waals surface area contributed by atoms with Crippen LogP contribution < -0.4 is 5.46 Å². The molecule has 0 bridgehead atoms. The van der Waals surface area contributed by atoms with Gasteiger partial charge in [0.05, 0.1) is 21.6 Å². The zero-order valence-corrected chi connectivity index (χ0v) is 14.9. The largest absolute Gasteiger partial charge is 0.494 e. The standard InChI is InChI=1S/C15H17BBrNO2S/c1-14(2)15(3,4)20-16(19-14)11-5-10(6-12(17)7-11)13-8-18-9-21-13/h5-9H,1-4H3. The minimum atomic E-state index is -0.348. The molecule has 1 aliphatic rings. The molecule has 2 aromatic rings. The molecule has 2 heterocycles. The molecule has 1 fully saturated rings. The van der Waals surface area contributed by atoms with Gasteiger partial charge in [0.1, 0.15) is 0 Å². The summed E-state index contributed by atoms with van der Waals surface area (Å²) in [6.45, 7) is 8.26. The van der Waals surface area contributed by atoms with E-state index in [1.54, 1.807) is 11.3 Å². The zero-order valence-electron chi connectivity index (χ0n) is 12.5. The third-order valence-corrected chi connectivity index (χ3v) is 5.44. The summed E-state index contributed by atoms with van der Waals surface area (Å²) < 4.78 is 13.3. The van der Waals surface area contributed by atoms with Gasteiger partial charge in [0.2, 0.25) is 0 Å². The Kier molecular flexibility index (Phi) is 3.77. The maximum atomic E-state index is 6.12. The summed E-state index contributed by atoms with van der Waals surface area (Å²) in [6, 6.07) is 6.25. The van der Waals surface area contributed by atoms with Crippen molar-refractivity contribution in [1.82, 2.24) is 4.98 Å². The fourth-order valence-corrected chi connectivity index (χ4v) is 3.35. The minimum absolute atomic E-state index is 0.329. The number of hydrogen-bond acceptors (Lipinski definition) is 4. The fraction of sp³-hybridized carbons (Fsp3) is 0.400. The van der Waals surface area contributed by atoms with Gasteiger partial charge < -0.3 is 9.31 Å². The molecule has 1 saturated heterocycles. The van der Waals surface area contributed by atoms with Crippen LogP contribution in [0.3, 0.4) is 0 Å². The van der Waals surface area contributed by atoms with E-state index in [2.05, 4.69) is 60.7 Å². The van der Waals surface area contributed by atoms with Gasteiger partial charge in [-0.1, -0.05) is 22.0 Å². The maximum Gasteiger partial charge on any atom is 0.494 e. The molecule has 21 heavy (non-hydrogen) atoms. The first-order valence-electron chi connectivity index (χ1n) is 6.83. The summed E-state index contributed by atoms with van der Waals surface area (Å²) in [5.74, 6) is 0. The normalized spacial score (nSPS) is 20.0. The number of aromatic nitrogens is 1. The first-order valence-corrected chi connectivity index (χ1v) is 8.51. The predicted molar refractivity (Wildman–Crippen MR) is 91.0 cm³/mol. The van der Waals surface area contributed by atoms with Crippen molar-refractivity contribution in [2.75, 3.05) is 0 Å². The molecule has 0 unspecified atom stereocenters. The Morgan fingerprint density at radius 3 is 2.33 bits per heavy atom. The Balaban J connectivity index is 1.97. The van der Waals surface area contributed by atoms with E-state index in [0.29, 0.717) is 0 Å². The van der Waals surface area contributed by atoms with E-state index in [0.717, 1.165) is 20.4 Å². The molecule has 3 rings (SSSR count). The highest BCUT2D eigenvalue weighted by molar-refractivity contribution is 9.10. The quantitative estimate of drug-likeness (QED) is 0.757. The highest BCUT2D eigenvalue weighted by Crippen LogP contribution is 2.37. The SMILES string of the molecule is CC1(C)OB(c2cc(Br)cc(-c3cncs3)c2)OC1(C)C. The van der Waals surface area contributed by atoms with E-state index in [1.165, 1.54) is 0 Å². The summed E-state index contributed by atoms with van der Waals surface area (Å²) in [4.78, 5) is 5.28. The Morgan fingerprint density at radius 1 is 1.10 bits per heavy atom. The van der Waals surface area contributed by atoms with Crippen LogP contribution in [-0.4, -0.2) is 23.3 Å². The van der Waals surface area contributed by atoms with E-state index in [1.807, 2.05) is 17.8 Å². The first kappa shape index (κ1) is 15.2. The molecule has 0 spiro atoms. The average Bonchev–Trinajstić information content (AvgIpc) is 2.96. The van der Waals surface area contributed by atoms with Crippen LogP contribution in [0.1, 0.15) is 27.7 Å². The summed E-state index contributed by atoms with van der Waals surface area (Å²) in [7, 11) is -0.348. The second kappa shape index (κ2) is 5.20. The second-order valence-corrected chi connectivity index (χ2v) is 8.03. The van der Waals surface area contributed by atoms with Crippen molar-refractivity contribution in [3.8, 4) is 10.4 Å². The van der Waals surface area contributed by atoms with Crippen LogP contribution in [0.5, 0.6) is 0 Å². The molecule has 1 aromatic carbocycles. The highest BCUT2D eigenvalue weighted by Gasteiger charge is 2.51. The molecular formula is C15H17BBrNO2S. The number of benzene rings is 1. The smallest absolute Gasteiger partial charge is 0.399 e. The number of halogens is 1. The lowest BCUT2D eigenvalue weighted by Crippen LogP contribution is -2.41. The average molecular weight is 366 g/mol. The summed E-state index contributed by atoms with van der Waals surface area (Å²) in [5.41, 5.74) is 3.32. The number of hydrogen-bond donors (Lipinski definition) is 0. The van der Waals surface area contributed by atoms with E-state index < -0.39 is 0 Å². The zero-order chi connectivity index (χ0) is 15.3. The van der Waals surface area contributed by atoms with Gasteiger partial charge in [-0.2, -0.15) is 0 Å². The van der Waals surface area contributed by atoms with Crippen LogP contribution in [0.2, 0.25) is 0 Å². The monoisotopic (exact) mass is 365 g/mol. The van der Waals surface area contributed by atoms with Crippen molar-refractivity contribution < 1.29 is 9.31 Å². The van der Waals surface area contributed by atoms with Crippen molar-refractivity contribution in [2.24, 2.45) is 0 Å². The van der Waals surface area contributed by atoms with E-state index >= 15 is 0 Å². The lowest BCUT2D eigenvalue weighted by atomic mass is 9.78. The van der Waals surface area contributed by atoms with E-state index in [4.69, 9.17) is 9.31 Å². The lowest BCUT2D eigenvalue weighted by molar-refractivity contribution is 0.00578. The Bertz CT molecular complexity index is 642. The van der Waals surface area contributed by atoms with Gasteiger partial charge >= 0.3 is 7.12 Å². The summed E-state index contributed by atoms with van der Waals surface area (Å²) >= 11 is 5.20. The molecule has 0 saturated carbocycles. The summed E-state index contributed by atoms with van der Waals surface area (Å²) in [6.07, 6.45) is 1.88. The van der Waals surface area contributed by atoms with Crippen LogP contribution in [-0.2, 0) is 9.31 Å². The highest BCUT2D eigenvalue weighted by atomic mass is 79.9. The van der Waals surface area contributed by atoms with E-state index in [9.17, 15) is 0 Å². The molecule has 6 heteroatoms. The molecule has 1 aliphatic heterocycles. The van der Waals surface area contributed by atoms with Crippen molar-refractivity contribution in [2.45, 2.75) is 38.9 Å². The van der Waals surface area contributed by atoms with Gasteiger partial charge in [-0.3, -0.25) is 4.98 Å². The van der Waals surface area contributed by atoms with Gasteiger partial charge in [-0.15, -0.1) is 11.3 Å². The Labute approximate surface area is 138 Å². The van der Waals surface area contributed by atoms with Gasteiger partial charge in [0.25, 0.3) is 0 Å². The van der Waals surface area contributed by atoms with Crippen LogP contribution in [0.15, 0.2) is 34.4 Å². The van der Waals surface area contributed by atoms with Crippen LogP contribution in [0.4, 0.5) is 0 Å². The van der Waals surface area contributed by atoms with Crippen LogP contribution in [0.25, 0.3) is 10.4 Å². The second-order valence-electron chi connectivity index (χ2n) is 6.23. The molecule has 0 atom stereocenters. The van der Waals surface area contributed by atoms with Crippen molar-refractivity contribution in [3.05, 3.63) is 34.4 Å². The molecule has 1 aromatic heterocycles. The molecule has 3 nitrogen and oxygen atoms in total. The van der Waals surface area contributed by atoms with Crippen LogP contribution in [0, 0.1) is 0 Å². The lowest BCUT2D eigenvalue weighted by Gasteiger charge is -2.32. The maximum absolute atomic E-state index is 6.12. The number of rotatable bonds is 2. The Morgan fingerprint density at radius 2 is 1.76 bits per heavy atom.